The van der Waals surface area contributed by atoms with Crippen LogP contribution in [-0.2, 0) is 67.3 Å². The van der Waals surface area contributed by atoms with Gasteiger partial charge in [-0.3, -0.25) is 18.4 Å². The number of anilines is 1. The molecule has 0 aliphatic carbocycles. The Bertz CT molecular complexity index is 2800. The molecule has 40 heteroatoms. The SMILES string of the molecule is F[I-]I.Nc1c(N=Nc2ccc(S(=O)(=O)CCOS(=O)(=O)[O-])cc2)c(S(=O)(=O)[O-])cc2cc(SOO[O-])c(N=Nc3ccc(S(=O)(=O)CCOSOO[O-])cc3C(=O)[O-])c(O)c12.[Na+].[Na+].[Na+].[Na+].[Na+]. The minimum atomic E-state index is -5.44. The number of carbonyl (C=O) groups is 1. The summed E-state index contributed by atoms with van der Waals surface area (Å²) in [5, 5.41) is 64.4. The molecule has 0 heterocycles. The number of aromatic carboxylic acids is 1. The van der Waals surface area contributed by atoms with Gasteiger partial charge in [-0.1, -0.05) is 0 Å². The summed E-state index contributed by atoms with van der Waals surface area (Å²) in [5.41, 5.74) is 2.45. The average Bonchev–Trinajstić information content (AvgIpc) is 3.18. The standard InChI is InChI=1S/C27H25N5O21S6.FI2.5Na/c28-23-22-14(12-21(58(42,43)44)25(23)32-29-15-1-3-16(4-2-15)56(38,39)10-8-49-59(45,46)47)11-20(54-52-50-36)24(26(22)33)31-30-19-6-5-17(13-18(19)27(34)35)57(40,41)9-7-48-55-53-51-37;1-3-2;;;;;/h1-6,11-13,33,36-37H,7-10,28H2,(H,34,35)(H,42,43,44)(H,45,46,47);;;;;;/q;-1;5*+1/p-5. The first-order chi connectivity index (χ1) is 29.0. The first kappa shape index (κ1) is 73.1. The van der Waals surface area contributed by atoms with Gasteiger partial charge in [0.25, 0.3) is 0 Å². The zero-order valence-corrected chi connectivity index (χ0v) is 53.8. The number of fused-ring (bicyclic) bond motifs is 1. The number of halogens is 3. The number of sulfone groups is 2. The molecule has 0 spiro atoms. The minimum Gasteiger partial charge on any atom is -0.744 e. The second-order valence-corrected chi connectivity index (χ2v) is 21.0. The van der Waals surface area contributed by atoms with Gasteiger partial charge in [-0.05, 0) is 60.0 Å². The monoisotopic (exact) mass is 1330 g/mol. The van der Waals surface area contributed by atoms with Crippen molar-refractivity contribution in [3.63, 3.8) is 0 Å². The summed E-state index contributed by atoms with van der Waals surface area (Å²) in [4.78, 5) is 9.60. The van der Waals surface area contributed by atoms with Crippen molar-refractivity contribution in [3.05, 3.63) is 60.2 Å². The van der Waals surface area contributed by atoms with Crippen LogP contribution in [0.5, 0.6) is 5.75 Å². The van der Waals surface area contributed by atoms with Crippen LogP contribution in [0.4, 0.5) is 31.3 Å². The summed E-state index contributed by atoms with van der Waals surface area (Å²) >= 11 is 0.902. The minimum absolute atomic E-state index is 0. The van der Waals surface area contributed by atoms with Crippen molar-refractivity contribution >= 4 is 128 Å². The van der Waals surface area contributed by atoms with Crippen molar-refractivity contribution in [2.45, 2.75) is 19.6 Å². The number of rotatable bonds is 21. The fraction of sp³-hybridized carbons (Fsp3) is 0.148. The van der Waals surface area contributed by atoms with Crippen LogP contribution in [0.15, 0.2) is 94.6 Å². The summed E-state index contributed by atoms with van der Waals surface area (Å²) in [6.45, 7) is -1.51. The normalized spacial score (nSPS) is 11.7. The van der Waals surface area contributed by atoms with Crippen LogP contribution in [0.25, 0.3) is 10.8 Å². The third-order valence-electron chi connectivity index (χ3n) is 7.12. The summed E-state index contributed by atoms with van der Waals surface area (Å²) < 4.78 is 146. The quantitative estimate of drug-likeness (QED) is 0.00747. The number of benzene rings is 4. The van der Waals surface area contributed by atoms with Gasteiger partial charge in [0.1, 0.15) is 21.5 Å². The molecule has 0 bridgehead atoms. The van der Waals surface area contributed by atoms with Crippen molar-refractivity contribution in [1.29, 1.82) is 0 Å². The number of hydrogen-bond acceptors (Lipinski definition) is 28. The van der Waals surface area contributed by atoms with E-state index in [0.29, 0.717) is 12.1 Å². The Morgan fingerprint density at radius 2 is 1.31 bits per heavy atom. The van der Waals surface area contributed by atoms with Crippen molar-refractivity contribution in [1.82, 2.24) is 0 Å². The van der Waals surface area contributed by atoms with Crippen LogP contribution >= 0.6 is 43.0 Å². The van der Waals surface area contributed by atoms with E-state index in [1.54, 1.807) is 18.6 Å². The molecule has 3 N–H and O–H groups in total. The van der Waals surface area contributed by atoms with Gasteiger partial charge in [-0.25, -0.2) is 33.7 Å². The maximum Gasteiger partial charge on any atom is 1.00 e. The van der Waals surface area contributed by atoms with Crippen LogP contribution in [0.2, 0.25) is 0 Å². The molecule has 0 aliphatic heterocycles. The summed E-state index contributed by atoms with van der Waals surface area (Å²) in [7, 11) is -19.0. The second kappa shape index (κ2) is 34.5. The number of carboxylic acids is 1. The Kier molecular flexibility index (Phi) is 37.6. The predicted octanol–water partition coefficient (Wildman–Crippen LogP) is -16.4. The molecule has 0 fully saturated rings. The van der Waals surface area contributed by atoms with Crippen molar-refractivity contribution in [2.24, 2.45) is 20.5 Å². The fourth-order valence-corrected chi connectivity index (χ4v) is 8.66. The van der Waals surface area contributed by atoms with E-state index in [1.807, 2.05) is 0 Å². The van der Waals surface area contributed by atoms with Gasteiger partial charge in [0.2, 0.25) is 10.4 Å². The predicted molar refractivity (Wildman–Crippen MR) is 202 cm³/mol. The van der Waals surface area contributed by atoms with Gasteiger partial charge in [0.05, 0.1) is 84.8 Å². The van der Waals surface area contributed by atoms with E-state index in [2.05, 4.69) is 47.6 Å². The average molecular weight is 1330 g/mol. The zero-order valence-electron chi connectivity index (χ0n) is 34.6. The first-order valence-electron chi connectivity index (χ1n) is 15.2. The Balaban J connectivity index is -0.00000498. The largest absolute Gasteiger partial charge is 1.00 e. The van der Waals surface area contributed by atoms with E-state index in [9.17, 15) is 71.2 Å². The van der Waals surface area contributed by atoms with Crippen molar-refractivity contribution in [3.8, 4) is 5.75 Å². The summed E-state index contributed by atoms with van der Waals surface area (Å²) in [5.74, 6) is -4.53. The van der Waals surface area contributed by atoms with Gasteiger partial charge >= 0.3 is 187 Å². The number of carbonyl (C=O) groups excluding carboxylic acids is 1. The molecule has 0 saturated heterocycles. The Hall–Kier alpha value is 1.90. The number of hydrogen-bond donors (Lipinski definition) is 2. The Morgan fingerprint density at radius 3 is 1.85 bits per heavy atom. The van der Waals surface area contributed by atoms with Crippen LogP contribution in [-0.4, -0.2) is 78.6 Å². The third-order valence-corrected chi connectivity index (χ3v) is 12.8. The maximum absolute atomic E-state index is 12.7. The molecule has 4 aromatic rings. The number of carboxylic acid groups (broad SMARTS) is 1. The summed E-state index contributed by atoms with van der Waals surface area (Å²) in [6, 6.07) is 8.26. The molecule has 67 heavy (non-hydrogen) atoms. The Labute approximate surface area is 519 Å². The van der Waals surface area contributed by atoms with Crippen molar-refractivity contribution in [2.75, 3.05) is 30.5 Å². The van der Waals surface area contributed by atoms with Gasteiger partial charge in [0, 0.05) is 5.56 Å². The van der Waals surface area contributed by atoms with Crippen LogP contribution in [0.1, 0.15) is 10.4 Å². The third kappa shape index (κ3) is 23.1. The molecule has 0 unspecified atom stereocenters. The van der Waals surface area contributed by atoms with Gasteiger partial charge in [0.15, 0.2) is 37.7 Å². The molecular weight excluding hydrogens is 1310 g/mol. The van der Waals surface area contributed by atoms with Crippen molar-refractivity contribution < 1.29 is 264 Å². The molecule has 342 valence electrons. The van der Waals surface area contributed by atoms with E-state index in [0.717, 1.165) is 42.5 Å². The summed E-state index contributed by atoms with van der Waals surface area (Å²) in [6.07, 6.45) is 0. The number of phenolic OH excluding ortho intramolecular Hbond substituents is 1. The molecule has 0 aromatic heterocycles. The van der Waals surface area contributed by atoms with Crippen LogP contribution < -0.4 is 187 Å². The molecule has 4 aromatic carbocycles. The van der Waals surface area contributed by atoms with Gasteiger partial charge < -0.3 is 40.4 Å². The van der Waals surface area contributed by atoms with Crippen LogP contribution in [0.3, 0.4) is 0 Å². The number of aromatic hydroxyl groups is 1. The van der Waals surface area contributed by atoms with E-state index in [-0.39, 0.29) is 193 Å². The number of nitrogen functional groups attached to an aromatic ring is 1. The Morgan fingerprint density at radius 1 is 0.776 bits per heavy atom. The fourth-order valence-electron chi connectivity index (χ4n) is 4.60. The van der Waals surface area contributed by atoms with E-state index in [4.69, 9.17) is 5.73 Å². The second-order valence-electron chi connectivity index (χ2n) is 10.8. The molecule has 26 nitrogen and oxygen atoms in total. The first-order valence-corrected chi connectivity index (χ1v) is 29.7. The van der Waals surface area contributed by atoms with E-state index in [1.165, 1.54) is 0 Å². The van der Waals surface area contributed by atoms with Crippen LogP contribution in [0, 0.1) is 0 Å². The molecule has 0 radical (unpaired) electrons. The molecule has 0 aliphatic rings. The van der Waals surface area contributed by atoms with Gasteiger partial charge in [-0.2, -0.15) is 9.45 Å². The molecule has 0 amide bonds. The molecule has 0 atom stereocenters. The molecule has 0 saturated carbocycles. The molecular formula is C27H20FI2N5Na5O21S6-. The number of nitrogens with zero attached hydrogens (tertiary/aromatic N) is 4. The number of nitrogens with two attached hydrogens (primary N) is 1. The van der Waals surface area contributed by atoms with Gasteiger partial charge in [-0.15, -0.1) is 19.7 Å². The van der Waals surface area contributed by atoms with E-state index >= 15 is 0 Å². The van der Waals surface area contributed by atoms with E-state index < -0.39 is 138 Å². The number of azo groups is 2. The maximum atomic E-state index is 12.7. The zero-order chi connectivity index (χ0) is 46.5. The smallest absolute Gasteiger partial charge is 0.744 e. The number of phenols is 1. The topological polar surface area (TPSA) is 420 Å². The molecule has 4 rings (SSSR count).